The molecule has 0 saturated carbocycles. The normalized spacial score (nSPS) is 11.2. The van der Waals surface area contributed by atoms with Gasteiger partial charge in [0, 0.05) is 11.3 Å². The number of hydrogen-bond donors (Lipinski definition) is 1. The summed E-state index contributed by atoms with van der Waals surface area (Å²) in [6, 6.07) is 5.36. The van der Waals surface area contributed by atoms with Gasteiger partial charge in [0.2, 0.25) is 0 Å². The van der Waals surface area contributed by atoms with Crippen LogP contribution in [0.25, 0.3) is 11.1 Å². The molecule has 1 aromatic heterocycles. The van der Waals surface area contributed by atoms with E-state index in [-0.39, 0.29) is 16.7 Å². The lowest BCUT2D eigenvalue weighted by Gasteiger charge is -2.11. The molecule has 0 fully saturated rings. The van der Waals surface area contributed by atoms with E-state index in [9.17, 15) is 22.4 Å². The molecule has 0 aliphatic rings. The van der Waals surface area contributed by atoms with Crippen molar-refractivity contribution < 1.29 is 17.6 Å². The predicted molar refractivity (Wildman–Crippen MR) is 66.9 cm³/mol. The zero-order valence-electron chi connectivity index (χ0n) is 10.7. The highest BCUT2D eigenvalue weighted by molar-refractivity contribution is 5.71. The van der Waals surface area contributed by atoms with Gasteiger partial charge in [0.05, 0.1) is 5.56 Å². The smallest absolute Gasteiger partial charge is 0.325 e. The van der Waals surface area contributed by atoms with Gasteiger partial charge in [-0.2, -0.15) is 18.4 Å². The van der Waals surface area contributed by atoms with Crippen LogP contribution in [0.2, 0.25) is 0 Å². The van der Waals surface area contributed by atoms with E-state index >= 15 is 0 Å². The molecule has 2 rings (SSSR count). The minimum atomic E-state index is -4.86. The van der Waals surface area contributed by atoms with E-state index in [1.54, 1.807) is 6.07 Å². The fourth-order valence-corrected chi connectivity index (χ4v) is 1.94. The summed E-state index contributed by atoms with van der Waals surface area (Å²) in [4.78, 5) is 14.0. The summed E-state index contributed by atoms with van der Waals surface area (Å²) in [5, 5.41) is 8.97. The molecule has 0 spiro atoms. The highest BCUT2D eigenvalue weighted by Crippen LogP contribution is 2.34. The molecule has 2 aromatic rings. The Kier molecular flexibility index (Phi) is 3.56. The summed E-state index contributed by atoms with van der Waals surface area (Å²) in [5.41, 5.74) is -2.10. The molecule has 0 unspecified atom stereocenters. The Labute approximate surface area is 116 Å². The Morgan fingerprint density at radius 1 is 1.24 bits per heavy atom. The molecule has 1 N–H and O–H groups in total. The Hall–Kier alpha value is -2.62. The third-order valence-electron chi connectivity index (χ3n) is 2.86. The topological polar surface area (TPSA) is 56.6 Å². The maximum Gasteiger partial charge on any atom is 0.419 e. The molecule has 0 bridgehead atoms. The molecule has 21 heavy (non-hydrogen) atoms. The van der Waals surface area contributed by atoms with E-state index in [1.165, 1.54) is 13.0 Å². The lowest BCUT2D eigenvalue weighted by atomic mass is 9.99. The van der Waals surface area contributed by atoms with Crippen molar-refractivity contribution in [3.05, 3.63) is 57.3 Å². The fraction of sp³-hybridized carbons (Fsp3) is 0.143. The summed E-state index contributed by atoms with van der Waals surface area (Å²) < 4.78 is 51.4. The Bertz CT molecular complexity index is 800. The number of pyridine rings is 1. The van der Waals surface area contributed by atoms with Crippen LogP contribution in [0.3, 0.4) is 0 Å². The second kappa shape index (κ2) is 5.05. The second-order valence-electron chi connectivity index (χ2n) is 4.37. The molecule has 0 radical (unpaired) electrons. The maximum absolute atomic E-state index is 13.3. The van der Waals surface area contributed by atoms with E-state index in [4.69, 9.17) is 5.26 Å². The lowest BCUT2D eigenvalue weighted by Crippen LogP contribution is -2.13. The number of nitrogens with one attached hydrogen (secondary N) is 1. The average molecular weight is 296 g/mol. The number of aromatic amines is 1. The first-order chi connectivity index (χ1) is 9.74. The first kappa shape index (κ1) is 14.8. The van der Waals surface area contributed by atoms with Gasteiger partial charge >= 0.3 is 6.18 Å². The highest BCUT2D eigenvalue weighted by Gasteiger charge is 2.34. The van der Waals surface area contributed by atoms with Crippen LogP contribution in [0.4, 0.5) is 17.6 Å². The van der Waals surface area contributed by atoms with Crippen molar-refractivity contribution in [1.82, 2.24) is 4.98 Å². The van der Waals surface area contributed by atoms with Crippen LogP contribution in [0.1, 0.15) is 16.8 Å². The highest BCUT2D eigenvalue weighted by atomic mass is 19.4. The van der Waals surface area contributed by atoms with Crippen LogP contribution >= 0.6 is 0 Å². The van der Waals surface area contributed by atoms with Gasteiger partial charge in [0.25, 0.3) is 5.56 Å². The van der Waals surface area contributed by atoms with E-state index in [2.05, 4.69) is 4.98 Å². The monoisotopic (exact) mass is 296 g/mol. The number of rotatable bonds is 1. The van der Waals surface area contributed by atoms with E-state index in [0.29, 0.717) is 17.8 Å². The summed E-state index contributed by atoms with van der Waals surface area (Å²) in [7, 11) is 0. The third kappa shape index (κ3) is 2.79. The molecule has 0 amide bonds. The molecule has 3 nitrogen and oxygen atoms in total. The Morgan fingerprint density at radius 2 is 1.90 bits per heavy atom. The summed E-state index contributed by atoms with van der Waals surface area (Å²) in [6.07, 6.45) is -4.86. The SMILES string of the molecule is Cc1cc(-c2ccc(F)c(C(F)(F)F)c2)c(C#N)c(=O)[nH]1. The first-order valence-electron chi connectivity index (χ1n) is 5.75. The van der Waals surface area contributed by atoms with Crippen LogP contribution in [-0.4, -0.2) is 4.98 Å². The van der Waals surface area contributed by atoms with Crippen molar-refractivity contribution in [2.45, 2.75) is 13.1 Å². The number of aromatic nitrogens is 1. The minimum absolute atomic E-state index is 0.0317. The average Bonchev–Trinajstić information content (AvgIpc) is 2.37. The molecule has 0 aliphatic carbocycles. The molecule has 0 atom stereocenters. The molecular formula is C14H8F4N2O. The molecule has 7 heteroatoms. The minimum Gasteiger partial charge on any atom is -0.325 e. The van der Waals surface area contributed by atoms with Gasteiger partial charge < -0.3 is 4.98 Å². The van der Waals surface area contributed by atoms with Crippen molar-refractivity contribution in [2.75, 3.05) is 0 Å². The summed E-state index contributed by atoms with van der Waals surface area (Å²) in [5.74, 6) is -1.41. The largest absolute Gasteiger partial charge is 0.419 e. The van der Waals surface area contributed by atoms with Gasteiger partial charge in [0.15, 0.2) is 0 Å². The quantitative estimate of drug-likeness (QED) is 0.820. The molecule has 0 saturated heterocycles. The van der Waals surface area contributed by atoms with Gasteiger partial charge in [0.1, 0.15) is 17.4 Å². The van der Waals surface area contributed by atoms with Crippen molar-refractivity contribution in [1.29, 1.82) is 5.26 Å². The van der Waals surface area contributed by atoms with Gasteiger partial charge in [-0.3, -0.25) is 4.79 Å². The molecular weight excluding hydrogens is 288 g/mol. The summed E-state index contributed by atoms with van der Waals surface area (Å²) in [6.45, 7) is 1.53. The first-order valence-corrected chi connectivity index (χ1v) is 5.75. The van der Waals surface area contributed by atoms with Crippen LogP contribution in [-0.2, 0) is 6.18 Å². The Balaban J connectivity index is 2.75. The van der Waals surface area contributed by atoms with Gasteiger partial charge in [-0.1, -0.05) is 6.07 Å². The fourth-order valence-electron chi connectivity index (χ4n) is 1.94. The molecule has 0 aliphatic heterocycles. The van der Waals surface area contributed by atoms with Crippen molar-refractivity contribution in [3.63, 3.8) is 0 Å². The van der Waals surface area contributed by atoms with Crippen LogP contribution < -0.4 is 5.56 Å². The number of H-pyrrole nitrogens is 1. The van der Waals surface area contributed by atoms with Gasteiger partial charge in [-0.05, 0) is 30.7 Å². The van der Waals surface area contributed by atoms with Crippen molar-refractivity contribution in [3.8, 4) is 17.2 Å². The van der Waals surface area contributed by atoms with Crippen LogP contribution in [0, 0.1) is 24.1 Å². The number of nitriles is 1. The standard InChI is InChI=1S/C14H8F4N2O/c1-7-4-9(10(6-19)13(21)20-7)8-2-3-12(15)11(5-8)14(16,17)18/h2-5H,1H3,(H,20,21). The van der Waals surface area contributed by atoms with Crippen LogP contribution in [0.5, 0.6) is 0 Å². The number of halogens is 4. The maximum atomic E-state index is 13.3. The molecule has 1 aromatic carbocycles. The predicted octanol–water partition coefficient (Wildman–Crippen LogP) is 3.38. The number of alkyl halides is 3. The molecule has 1 heterocycles. The number of benzene rings is 1. The Morgan fingerprint density at radius 3 is 2.48 bits per heavy atom. The van der Waals surface area contributed by atoms with Gasteiger partial charge in [-0.25, -0.2) is 4.39 Å². The number of aryl methyl sites for hydroxylation is 1. The summed E-state index contributed by atoms with van der Waals surface area (Å²) >= 11 is 0. The van der Waals surface area contributed by atoms with Gasteiger partial charge in [-0.15, -0.1) is 0 Å². The second-order valence-corrected chi connectivity index (χ2v) is 4.37. The van der Waals surface area contributed by atoms with E-state index in [1.807, 2.05) is 0 Å². The zero-order valence-corrected chi connectivity index (χ0v) is 10.7. The van der Waals surface area contributed by atoms with Crippen molar-refractivity contribution in [2.24, 2.45) is 0 Å². The van der Waals surface area contributed by atoms with Crippen LogP contribution in [0.15, 0.2) is 29.1 Å². The number of hydrogen-bond acceptors (Lipinski definition) is 2. The molecule has 108 valence electrons. The van der Waals surface area contributed by atoms with E-state index < -0.39 is 23.1 Å². The number of nitrogens with zero attached hydrogens (tertiary/aromatic N) is 1. The van der Waals surface area contributed by atoms with E-state index in [0.717, 1.165) is 6.07 Å². The third-order valence-corrected chi connectivity index (χ3v) is 2.86. The van der Waals surface area contributed by atoms with Crippen molar-refractivity contribution >= 4 is 0 Å². The lowest BCUT2D eigenvalue weighted by molar-refractivity contribution is -0.139. The zero-order chi connectivity index (χ0) is 15.8.